The fourth-order valence-electron chi connectivity index (χ4n) is 3.59. The van der Waals surface area contributed by atoms with E-state index >= 15 is 0 Å². The van der Waals surface area contributed by atoms with Gasteiger partial charge in [0.05, 0.1) is 22.1 Å². The first-order chi connectivity index (χ1) is 14.5. The summed E-state index contributed by atoms with van der Waals surface area (Å²) < 4.78 is 38.1. The van der Waals surface area contributed by atoms with Crippen molar-refractivity contribution in [2.75, 3.05) is 25.0 Å². The number of hydrogen-bond acceptors (Lipinski definition) is 6. The number of hydrogen-bond donors (Lipinski definition) is 1. The second-order valence-corrected chi connectivity index (χ2v) is 9.95. The van der Waals surface area contributed by atoms with Gasteiger partial charge in [0.1, 0.15) is 5.75 Å². The van der Waals surface area contributed by atoms with Crippen LogP contribution >= 0.6 is 11.5 Å². The molecular weight excluding hydrogens is 422 g/mol. The maximum atomic E-state index is 13.0. The second-order valence-electron chi connectivity index (χ2n) is 7.17. The molecule has 3 aromatic rings. The third-order valence-corrected chi connectivity index (χ3v) is 7.81. The van der Waals surface area contributed by atoms with Crippen molar-refractivity contribution in [1.82, 2.24) is 8.68 Å². The quantitative estimate of drug-likeness (QED) is 0.624. The van der Waals surface area contributed by atoms with Gasteiger partial charge in [0.25, 0.3) is 0 Å². The molecule has 9 heteroatoms. The summed E-state index contributed by atoms with van der Waals surface area (Å²) in [4.78, 5) is 13.0. The van der Waals surface area contributed by atoms with Crippen LogP contribution in [0.4, 0.5) is 5.69 Å². The Morgan fingerprint density at radius 3 is 2.83 bits per heavy atom. The summed E-state index contributed by atoms with van der Waals surface area (Å²) in [5, 5.41) is 3.90. The van der Waals surface area contributed by atoms with Crippen molar-refractivity contribution in [2.45, 2.75) is 24.7 Å². The molecule has 2 heterocycles. The summed E-state index contributed by atoms with van der Waals surface area (Å²) in [7, 11) is -3.66. The largest absolute Gasteiger partial charge is 0.494 e. The van der Waals surface area contributed by atoms with Crippen LogP contribution in [0.1, 0.15) is 19.8 Å². The topological polar surface area (TPSA) is 88.6 Å². The number of aromatic nitrogens is 1. The molecule has 1 fully saturated rings. The molecule has 1 aromatic heterocycles. The summed E-state index contributed by atoms with van der Waals surface area (Å²) in [6.45, 7) is 2.97. The average Bonchev–Trinajstić information content (AvgIpc) is 3.22. The van der Waals surface area contributed by atoms with E-state index in [0.717, 1.165) is 10.1 Å². The van der Waals surface area contributed by atoms with Gasteiger partial charge >= 0.3 is 0 Å². The summed E-state index contributed by atoms with van der Waals surface area (Å²) in [6, 6.07) is 12.1. The van der Waals surface area contributed by atoms with Crippen LogP contribution in [0.3, 0.4) is 0 Å². The highest BCUT2D eigenvalue weighted by atomic mass is 32.2. The van der Waals surface area contributed by atoms with Crippen LogP contribution in [0.15, 0.2) is 53.6 Å². The number of ether oxygens (including phenoxy) is 1. The number of benzene rings is 2. The lowest BCUT2D eigenvalue weighted by atomic mass is 9.98. The lowest BCUT2D eigenvalue weighted by Gasteiger charge is -2.31. The molecule has 7 nitrogen and oxygen atoms in total. The lowest BCUT2D eigenvalue weighted by molar-refractivity contribution is -0.120. The van der Waals surface area contributed by atoms with Crippen LogP contribution in [-0.4, -0.2) is 42.7 Å². The Balaban J connectivity index is 1.45. The Kier molecular flexibility index (Phi) is 6.03. The number of piperidine rings is 1. The van der Waals surface area contributed by atoms with Gasteiger partial charge in [-0.05, 0) is 73.8 Å². The van der Waals surface area contributed by atoms with E-state index in [1.165, 1.54) is 15.8 Å². The van der Waals surface area contributed by atoms with Gasteiger partial charge < -0.3 is 10.1 Å². The molecule has 1 aliphatic heterocycles. The summed E-state index contributed by atoms with van der Waals surface area (Å²) in [5.74, 6) is 0.0711. The first-order valence-corrected chi connectivity index (χ1v) is 12.1. The first-order valence-electron chi connectivity index (χ1n) is 9.85. The summed E-state index contributed by atoms with van der Waals surface area (Å²) in [5.41, 5.74) is 0.694. The van der Waals surface area contributed by atoms with Crippen LogP contribution in [-0.2, 0) is 14.8 Å². The van der Waals surface area contributed by atoms with Gasteiger partial charge in [-0.25, -0.2) is 8.42 Å². The third kappa shape index (κ3) is 4.33. The molecule has 30 heavy (non-hydrogen) atoms. The van der Waals surface area contributed by atoms with Crippen molar-refractivity contribution >= 4 is 43.2 Å². The SMILES string of the molecule is CCOc1ccc(S(=O)(=O)N2CCC[C@H](C(=O)Nc3ccc4sncc4c3)C2)cc1. The summed E-state index contributed by atoms with van der Waals surface area (Å²) in [6.07, 6.45) is 3.06. The van der Waals surface area contributed by atoms with Gasteiger partial charge in [0.2, 0.25) is 15.9 Å². The highest BCUT2D eigenvalue weighted by Crippen LogP contribution is 2.27. The Morgan fingerprint density at radius 2 is 2.07 bits per heavy atom. The van der Waals surface area contributed by atoms with E-state index in [9.17, 15) is 13.2 Å². The van der Waals surface area contributed by atoms with Gasteiger partial charge in [-0.1, -0.05) is 0 Å². The number of carbonyl (C=O) groups excluding carboxylic acids is 1. The molecule has 0 bridgehead atoms. The molecule has 1 atom stereocenters. The van der Waals surface area contributed by atoms with Gasteiger partial charge in [-0.15, -0.1) is 0 Å². The minimum Gasteiger partial charge on any atom is -0.494 e. The van der Waals surface area contributed by atoms with Crippen molar-refractivity contribution in [3.8, 4) is 5.75 Å². The van der Waals surface area contributed by atoms with Crippen LogP contribution < -0.4 is 10.1 Å². The maximum Gasteiger partial charge on any atom is 0.243 e. The van der Waals surface area contributed by atoms with E-state index < -0.39 is 15.9 Å². The molecule has 158 valence electrons. The third-order valence-electron chi connectivity index (χ3n) is 5.15. The highest BCUT2D eigenvalue weighted by molar-refractivity contribution is 7.89. The van der Waals surface area contributed by atoms with E-state index in [-0.39, 0.29) is 17.3 Å². The smallest absolute Gasteiger partial charge is 0.243 e. The lowest BCUT2D eigenvalue weighted by Crippen LogP contribution is -2.43. The Labute approximate surface area is 179 Å². The molecule has 0 radical (unpaired) electrons. The maximum absolute atomic E-state index is 13.0. The number of sulfonamides is 1. The van der Waals surface area contributed by atoms with E-state index in [4.69, 9.17) is 4.74 Å². The number of anilines is 1. The van der Waals surface area contributed by atoms with Crippen molar-refractivity contribution in [1.29, 1.82) is 0 Å². The molecule has 1 amide bonds. The number of nitrogens with one attached hydrogen (secondary N) is 1. The van der Waals surface area contributed by atoms with Crippen LogP contribution in [0.2, 0.25) is 0 Å². The van der Waals surface area contributed by atoms with E-state index in [2.05, 4.69) is 9.69 Å². The molecule has 4 rings (SSSR count). The van der Waals surface area contributed by atoms with Gasteiger partial charge in [0.15, 0.2) is 0 Å². The molecule has 0 unspecified atom stereocenters. The zero-order valence-electron chi connectivity index (χ0n) is 16.6. The van der Waals surface area contributed by atoms with Crippen LogP contribution in [0.5, 0.6) is 5.75 Å². The summed E-state index contributed by atoms with van der Waals surface area (Å²) >= 11 is 1.40. The van der Waals surface area contributed by atoms with Crippen molar-refractivity contribution < 1.29 is 17.9 Å². The molecule has 0 aliphatic carbocycles. The van der Waals surface area contributed by atoms with Crippen molar-refractivity contribution in [3.05, 3.63) is 48.7 Å². The molecular formula is C21H23N3O4S2. The minimum absolute atomic E-state index is 0.163. The Morgan fingerprint density at radius 1 is 1.27 bits per heavy atom. The molecule has 1 N–H and O–H groups in total. The monoisotopic (exact) mass is 445 g/mol. The van der Waals surface area contributed by atoms with Gasteiger partial charge in [-0.2, -0.15) is 8.68 Å². The van der Waals surface area contributed by atoms with Gasteiger partial charge in [-0.3, -0.25) is 4.79 Å². The highest BCUT2D eigenvalue weighted by Gasteiger charge is 2.33. The van der Waals surface area contributed by atoms with Crippen LogP contribution in [0.25, 0.3) is 10.1 Å². The Bertz CT molecular complexity index is 1140. The number of carbonyl (C=O) groups is 1. The molecule has 0 saturated carbocycles. The molecule has 1 aliphatic rings. The predicted octanol–water partition coefficient (Wildman–Crippen LogP) is 3.73. The van der Waals surface area contributed by atoms with Gasteiger partial charge in [0, 0.05) is 30.4 Å². The number of fused-ring (bicyclic) bond motifs is 1. The molecule has 1 saturated heterocycles. The van der Waals surface area contributed by atoms with Crippen molar-refractivity contribution in [2.24, 2.45) is 5.92 Å². The zero-order chi connectivity index (χ0) is 21.1. The number of nitrogens with zero attached hydrogens (tertiary/aromatic N) is 2. The number of rotatable bonds is 6. The van der Waals surface area contributed by atoms with E-state index in [1.54, 1.807) is 30.5 Å². The fourth-order valence-corrected chi connectivity index (χ4v) is 5.74. The fraction of sp³-hybridized carbons (Fsp3) is 0.333. The Hall–Kier alpha value is -2.49. The second kappa shape index (κ2) is 8.71. The van der Waals surface area contributed by atoms with E-state index in [0.29, 0.717) is 37.4 Å². The minimum atomic E-state index is -3.66. The predicted molar refractivity (Wildman–Crippen MR) is 117 cm³/mol. The van der Waals surface area contributed by atoms with Crippen molar-refractivity contribution in [3.63, 3.8) is 0 Å². The molecule has 0 spiro atoms. The molecule has 2 aromatic carbocycles. The standard InChI is InChI=1S/C21H23N3O4S2/c1-2-28-18-6-8-19(9-7-18)30(26,27)24-11-3-4-15(14-24)21(25)23-17-5-10-20-16(12-17)13-22-29-20/h5-10,12-13,15H,2-4,11,14H2,1H3,(H,23,25)/t15-/m0/s1. The van der Waals surface area contributed by atoms with E-state index in [1.807, 2.05) is 25.1 Å². The normalized spacial score (nSPS) is 17.7. The first kappa shape index (κ1) is 20.8. The van der Waals surface area contributed by atoms with Crippen LogP contribution in [0, 0.1) is 5.92 Å². The average molecular weight is 446 g/mol. The zero-order valence-corrected chi connectivity index (χ0v) is 18.2. The number of amides is 1.